The molecule has 1 unspecified atom stereocenters. The zero-order valence-electron chi connectivity index (χ0n) is 3.43. The van der Waals surface area contributed by atoms with Crippen LogP contribution in [0.1, 0.15) is 0 Å². The summed E-state index contributed by atoms with van der Waals surface area (Å²) in [5.41, 5.74) is 0. The van der Waals surface area contributed by atoms with Crippen LogP contribution < -0.4 is 0 Å². The molecule has 0 N–H and O–H groups in total. The SMILES string of the molecule is S=C1SC=CC1Br. The molecule has 1 atom stereocenters. The lowest BCUT2D eigenvalue weighted by atomic mass is 10.5. The van der Waals surface area contributed by atoms with Crippen LogP contribution in [0, 0.1) is 0 Å². The Bertz CT molecular complexity index is 119. The second kappa shape index (κ2) is 2.29. The highest BCUT2D eigenvalue weighted by molar-refractivity contribution is 9.10. The zero-order valence-corrected chi connectivity index (χ0v) is 6.65. The first kappa shape index (κ1) is 5.79. The number of rotatable bonds is 0. The van der Waals surface area contributed by atoms with Crippen LogP contribution in [0.15, 0.2) is 11.5 Å². The molecule has 0 fully saturated rings. The van der Waals surface area contributed by atoms with E-state index in [1.54, 1.807) is 11.8 Å². The molecule has 0 bridgehead atoms. The average molecular weight is 195 g/mol. The van der Waals surface area contributed by atoms with E-state index in [4.69, 9.17) is 12.2 Å². The molecule has 0 amide bonds. The Labute approximate surface area is 60.5 Å². The molecule has 0 aromatic carbocycles. The molecule has 1 rings (SSSR count). The van der Waals surface area contributed by atoms with Gasteiger partial charge in [0.05, 0.1) is 9.02 Å². The number of thioether (sulfide) groups is 1. The summed E-state index contributed by atoms with van der Waals surface area (Å²) < 4.78 is 1.01. The summed E-state index contributed by atoms with van der Waals surface area (Å²) in [4.78, 5) is 0.340. The van der Waals surface area contributed by atoms with E-state index >= 15 is 0 Å². The summed E-state index contributed by atoms with van der Waals surface area (Å²) in [7, 11) is 0. The predicted molar refractivity (Wildman–Crippen MR) is 42.0 cm³/mol. The predicted octanol–water partition coefficient (Wildman–Crippen LogP) is 2.34. The Morgan fingerprint density at radius 3 is 2.71 bits per heavy atom. The van der Waals surface area contributed by atoms with Crippen molar-refractivity contribution in [1.82, 2.24) is 0 Å². The van der Waals surface area contributed by atoms with Crippen molar-refractivity contribution in [2.45, 2.75) is 4.83 Å². The Balaban J connectivity index is 2.62. The van der Waals surface area contributed by atoms with Crippen LogP contribution in [0.4, 0.5) is 0 Å². The third kappa shape index (κ3) is 1.27. The molecule has 0 saturated carbocycles. The van der Waals surface area contributed by atoms with Crippen molar-refractivity contribution in [2.75, 3.05) is 0 Å². The molecular weight excluding hydrogens is 192 g/mol. The minimum absolute atomic E-state index is 0.340. The first-order chi connectivity index (χ1) is 3.30. The fraction of sp³-hybridized carbons (Fsp3) is 0.250. The van der Waals surface area contributed by atoms with Crippen molar-refractivity contribution in [3.05, 3.63) is 11.5 Å². The van der Waals surface area contributed by atoms with E-state index in [1.807, 2.05) is 11.5 Å². The molecule has 38 valence electrons. The summed E-state index contributed by atoms with van der Waals surface area (Å²) >= 11 is 9.86. The zero-order chi connectivity index (χ0) is 5.28. The Hall–Kier alpha value is 0.660. The second-order valence-electron chi connectivity index (χ2n) is 1.17. The van der Waals surface area contributed by atoms with E-state index in [0.29, 0.717) is 4.83 Å². The van der Waals surface area contributed by atoms with Crippen molar-refractivity contribution in [2.24, 2.45) is 0 Å². The number of halogens is 1. The van der Waals surface area contributed by atoms with Crippen molar-refractivity contribution in [1.29, 1.82) is 0 Å². The van der Waals surface area contributed by atoms with E-state index in [0.717, 1.165) is 4.20 Å². The number of hydrogen-bond acceptors (Lipinski definition) is 2. The summed E-state index contributed by atoms with van der Waals surface area (Å²) in [6, 6.07) is 0. The van der Waals surface area contributed by atoms with Crippen LogP contribution in [-0.2, 0) is 0 Å². The van der Waals surface area contributed by atoms with E-state index in [9.17, 15) is 0 Å². The largest absolute Gasteiger partial charge is 0.0895 e. The van der Waals surface area contributed by atoms with Crippen LogP contribution in [0.5, 0.6) is 0 Å². The molecule has 0 nitrogen and oxygen atoms in total. The first-order valence-corrected chi connectivity index (χ1v) is 4.02. The molecule has 0 radical (unpaired) electrons. The summed E-state index contributed by atoms with van der Waals surface area (Å²) in [5, 5.41) is 2.00. The van der Waals surface area contributed by atoms with Crippen LogP contribution in [0.25, 0.3) is 0 Å². The molecule has 0 spiro atoms. The van der Waals surface area contributed by atoms with Crippen LogP contribution >= 0.6 is 39.9 Å². The molecule has 0 aliphatic carbocycles. The van der Waals surface area contributed by atoms with Gasteiger partial charge in [0.2, 0.25) is 0 Å². The fourth-order valence-electron chi connectivity index (χ4n) is 0.319. The Kier molecular flexibility index (Phi) is 1.89. The van der Waals surface area contributed by atoms with Gasteiger partial charge in [-0.1, -0.05) is 46.0 Å². The molecule has 0 aromatic heterocycles. The molecule has 1 heterocycles. The van der Waals surface area contributed by atoms with Crippen molar-refractivity contribution < 1.29 is 0 Å². The maximum atomic E-state index is 4.90. The minimum atomic E-state index is 0.340. The maximum absolute atomic E-state index is 4.90. The highest BCUT2D eigenvalue weighted by Gasteiger charge is 2.10. The average Bonchev–Trinajstić information content (AvgIpc) is 1.91. The molecule has 0 saturated heterocycles. The molecule has 3 heteroatoms. The highest BCUT2D eigenvalue weighted by Crippen LogP contribution is 2.23. The van der Waals surface area contributed by atoms with Gasteiger partial charge in [0.25, 0.3) is 0 Å². The van der Waals surface area contributed by atoms with Crippen molar-refractivity contribution in [3.63, 3.8) is 0 Å². The van der Waals surface area contributed by atoms with E-state index in [1.165, 1.54) is 0 Å². The van der Waals surface area contributed by atoms with Gasteiger partial charge in [0.15, 0.2) is 0 Å². The number of hydrogen-bond donors (Lipinski definition) is 0. The van der Waals surface area contributed by atoms with E-state index < -0.39 is 0 Å². The molecule has 1 aliphatic rings. The van der Waals surface area contributed by atoms with Gasteiger partial charge in [-0.2, -0.15) is 0 Å². The van der Waals surface area contributed by atoms with Crippen LogP contribution in [-0.4, -0.2) is 9.02 Å². The van der Waals surface area contributed by atoms with Gasteiger partial charge >= 0.3 is 0 Å². The summed E-state index contributed by atoms with van der Waals surface area (Å²) in [6.45, 7) is 0. The monoisotopic (exact) mass is 194 g/mol. The molecular formula is C4H3BrS2. The van der Waals surface area contributed by atoms with Gasteiger partial charge < -0.3 is 0 Å². The lowest BCUT2D eigenvalue weighted by Gasteiger charge is -1.90. The standard InChI is InChI=1S/C4H3BrS2/c5-3-1-2-7-4(3)6/h1-3H. The molecule has 0 aromatic rings. The number of allylic oxidation sites excluding steroid dienone is 1. The lowest BCUT2D eigenvalue weighted by Crippen LogP contribution is -1.95. The topological polar surface area (TPSA) is 0 Å². The van der Waals surface area contributed by atoms with E-state index in [-0.39, 0.29) is 0 Å². The first-order valence-electron chi connectivity index (χ1n) is 1.82. The highest BCUT2D eigenvalue weighted by atomic mass is 79.9. The minimum Gasteiger partial charge on any atom is -0.0895 e. The van der Waals surface area contributed by atoms with E-state index in [2.05, 4.69) is 15.9 Å². The Morgan fingerprint density at radius 1 is 1.86 bits per heavy atom. The fourth-order valence-corrected chi connectivity index (χ4v) is 1.82. The van der Waals surface area contributed by atoms with Crippen molar-refractivity contribution in [3.8, 4) is 0 Å². The molecule has 7 heavy (non-hydrogen) atoms. The maximum Gasteiger partial charge on any atom is 0.0749 e. The van der Waals surface area contributed by atoms with Gasteiger partial charge in [0, 0.05) is 0 Å². The lowest BCUT2D eigenvalue weighted by molar-refractivity contribution is 1.66. The number of alkyl halides is 1. The molecule has 1 aliphatic heterocycles. The van der Waals surface area contributed by atoms with Crippen LogP contribution in [0.3, 0.4) is 0 Å². The van der Waals surface area contributed by atoms with Gasteiger partial charge in [-0.15, -0.1) is 0 Å². The third-order valence-corrected chi connectivity index (χ3v) is 3.35. The van der Waals surface area contributed by atoms with Crippen LogP contribution in [0.2, 0.25) is 0 Å². The van der Waals surface area contributed by atoms with Gasteiger partial charge in [-0.25, -0.2) is 0 Å². The van der Waals surface area contributed by atoms with Crippen molar-refractivity contribution >= 4 is 44.1 Å². The summed E-state index contributed by atoms with van der Waals surface area (Å²) in [6.07, 6.45) is 2.03. The van der Waals surface area contributed by atoms with Gasteiger partial charge in [-0.05, 0) is 5.41 Å². The summed E-state index contributed by atoms with van der Waals surface area (Å²) in [5.74, 6) is 0. The normalized spacial score (nSPS) is 29.3. The second-order valence-corrected chi connectivity index (χ2v) is 3.80. The number of thiocarbonyl (C=S) groups is 1. The van der Waals surface area contributed by atoms with Gasteiger partial charge in [0.1, 0.15) is 0 Å². The van der Waals surface area contributed by atoms with Gasteiger partial charge in [-0.3, -0.25) is 0 Å². The quantitative estimate of drug-likeness (QED) is 0.429. The smallest absolute Gasteiger partial charge is 0.0749 e. The Morgan fingerprint density at radius 2 is 2.57 bits per heavy atom. The third-order valence-electron chi connectivity index (χ3n) is 0.657.